The van der Waals surface area contributed by atoms with Crippen molar-refractivity contribution in [2.75, 3.05) is 0 Å². The third-order valence-electron chi connectivity index (χ3n) is 2.46. The van der Waals surface area contributed by atoms with Crippen LogP contribution in [-0.2, 0) is 10.0 Å². The van der Waals surface area contributed by atoms with Crippen LogP contribution in [0.5, 0.6) is 0 Å². The topological polar surface area (TPSA) is 60.2 Å². The van der Waals surface area contributed by atoms with Crippen molar-refractivity contribution in [3.8, 4) is 0 Å². The molecule has 0 aromatic heterocycles. The van der Waals surface area contributed by atoms with Crippen molar-refractivity contribution in [1.29, 1.82) is 0 Å². The molecule has 0 unspecified atom stereocenters. The molecule has 0 spiro atoms. The number of benzene rings is 1. The molecule has 2 atom stereocenters. The van der Waals surface area contributed by atoms with Crippen molar-refractivity contribution < 1.29 is 8.42 Å². The van der Waals surface area contributed by atoms with Gasteiger partial charge in [0.25, 0.3) is 0 Å². The van der Waals surface area contributed by atoms with Gasteiger partial charge in [-0.3, -0.25) is 0 Å². The maximum absolute atomic E-state index is 11.1. The SMILES string of the molecule is NS(=O)(=O)[C@@H]1C[C@H]1c1ccccc1I. The van der Waals surface area contributed by atoms with E-state index in [4.69, 9.17) is 5.14 Å². The van der Waals surface area contributed by atoms with Gasteiger partial charge in [-0.05, 0) is 40.6 Å². The Morgan fingerprint density at radius 2 is 2.00 bits per heavy atom. The lowest BCUT2D eigenvalue weighted by Crippen LogP contribution is -2.18. The molecular weight excluding hydrogens is 313 g/mol. The van der Waals surface area contributed by atoms with Crippen LogP contribution in [0.25, 0.3) is 0 Å². The normalized spacial score (nSPS) is 26.1. The fourth-order valence-electron chi connectivity index (χ4n) is 1.64. The Morgan fingerprint density at radius 1 is 1.36 bits per heavy atom. The summed E-state index contributed by atoms with van der Waals surface area (Å²) in [6.45, 7) is 0. The largest absolute Gasteiger partial charge is 0.228 e. The van der Waals surface area contributed by atoms with E-state index in [9.17, 15) is 8.42 Å². The number of hydrogen-bond acceptors (Lipinski definition) is 2. The highest BCUT2D eigenvalue weighted by atomic mass is 127. The minimum atomic E-state index is -3.35. The van der Waals surface area contributed by atoms with Gasteiger partial charge in [-0.1, -0.05) is 18.2 Å². The minimum Gasteiger partial charge on any atom is -0.228 e. The molecule has 2 N–H and O–H groups in total. The molecule has 0 amide bonds. The van der Waals surface area contributed by atoms with Crippen molar-refractivity contribution in [3.63, 3.8) is 0 Å². The second-order valence-electron chi connectivity index (χ2n) is 3.49. The van der Waals surface area contributed by atoms with Crippen molar-refractivity contribution >= 4 is 32.6 Å². The Morgan fingerprint density at radius 3 is 2.50 bits per heavy atom. The molecule has 1 fully saturated rings. The number of halogens is 1. The molecule has 5 heteroatoms. The van der Waals surface area contributed by atoms with Crippen LogP contribution in [0.15, 0.2) is 24.3 Å². The zero-order valence-corrected chi connectivity index (χ0v) is 10.3. The van der Waals surface area contributed by atoms with Gasteiger partial charge in [-0.2, -0.15) is 0 Å². The predicted octanol–water partition coefficient (Wildman–Crippen LogP) is 1.44. The lowest BCUT2D eigenvalue weighted by Gasteiger charge is -2.01. The van der Waals surface area contributed by atoms with Crippen LogP contribution >= 0.6 is 22.6 Å². The van der Waals surface area contributed by atoms with E-state index in [0.717, 1.165) is 9.13 Å². The van der Waals surface area contributed by atoms with E-state index in [2.05, 4.69) is 22.6 Å². The number of primary sulfonamides is 1. The Labute approximate surface area is 96.9 Å². The van der Waals surface area contributed by atoms with Crippen LogP contribution in [0.1, 0.15) is 17.9 Å². The van der Waals surface area contributed by atoms with E-state index in [-0.39, 0.29) is 11.2 Å². The zero-order chi connectivity index (χ0) is 10.3. The summed E-state index contributed by atoms with van der Waals surface area (Å²) in [5.41, 5.74) is 1.10. The molecule has 1 aromatic rings. The number of sulfonamides is 1. The summed E-state index contributed by atoms with van der Waals surface area (Å²) in [7, 11) is -3.35. The zero-order valence-electron chi connectivity index (χ0n) is 7.35. The lowest BCUT2D eigenvalue weighted by molar-refractivity contribution is 0.595. The average molecular weight is 323 g/mol. The standard InChI is InChI=1S/C9H10INO2S/c10-8-4-2-1-3-6(8)7-5-9(7)14(11,12)13/h1-4,7,9H,5H2,(H2,11,12,13)/t7-,9+/m0/s1. The van der Waals surface area contributed by atoms with Crippen molar-refractivity contribution in [2.24, 2.45) is 5.14 Å². The summed E-state index contributed by atoms with van der Waals surface area (Å²) in [4.78, 5) is 0. The highest BCUT2D eigenvalue weighted by molar-refractivity contribution is 14.1. The van der Waals surface area contributed by atoms with E-state index in [1.165, 1.54) is 0 Å². The third kappa shape index (κ3) is 1.94. The molecule has 1 aliphatic rings. The molecule has 14 heavy (non-hydrogen) atoms. The van der Waals surface area contributed by atoms with Gasteiger partial charge in [0.1, 0.15) is 0 Å². The Balaban J connectivity index is 2.26. The molecule has 1 aromatic carbocycles. The first-order valence-corrected chi connectivity index (χ1v) is 6.95. The molecule has 0 aliphatic heterocycles. The summed E-state index contributed by atoms with van der Waals surface area (Å²) in [5, 5.41) is 4.73. The van der Waals surface area contributed by atoms with Crippen molar-refractivity contribution in [1.82, 2.24) is 0 Å². The quantitative estimate of drug-likeness (QED) is 0.837. The van der Waals surface area contributed by atoms with Gasteiger partial charge >= 0.3 is 0 Å². The van der Waals surface area contributed by atoms with Gasteiger partial charge in [0.05, 0.1) is 5.25 Å². The van der Waals surface area contributed by atoms with E-state index in [0.29, 0.717) is 6.42 Å². The number of nitrogens with two attached hydrogens (primary N) is 1. The predicted molar refractivity (Wildman–Crippen MR) is 63.4 cm³/mol. The molecule has 76 valence electrons. The van der Waals surface area contributed by atoms with E-state index in [1.54, 1.807) is 0 Å². The first kappa shape index (κ1) is 10.4. The average Bonchev–Trinajstić information content (AvgIpc) is 2.83. The fourth-order valence-corrected chi connectivity index (χ4v) is 3.51. The molecule has 1 saturated carbocycles. The summed E-state index contributed by atoms with van der Waals surface area (Å²) in [6.07, 6.45) is 0.666. The molecule has 0 heterocycles. The molecule has 0 radical (unpaired) electrons. The monoisotopic (exact) mass is 323 g/mol. The van der Waals surface area contributed by atoms with Crippen LogP contribution in [0, 0.1) is 3.57 Å². The minimum absolute atomic E-state index is 0.109. The number of rotatable bonds is 2. The smallest absolute Gasteiger partial charge is 0.212 e. The summed E-state index contributed by atoms with van der Waals surface area (Å²) >= 11 is 2.22. The highest BCUT2D eigenvalue weighted by Gasteiger charge is 2.47. The van der Waals surface area contributed by atoms with Gasteiger partial charge in [0, 0.05) is 9.49 Å². The van der Waals surface area contributed by atoms with Crippen molar-refractivity contribution in [2.45, 2.75) is 17.6 Å². The molecule has 3 nitrogen and oxygen atoms in total. The summed E-state index contributed by atoms with van der Waals surface area (Å²) in [5.74, 6) is 0.109. The van der Waals surface area contributed by atoms with Crippen molar-refractivity contribution in [3.05, 3.63) is 33.4 Å². The van der Waals surface area contributed by atoms with Crippen LogP contribution in [-0.4, -0.2) is 13.7 Å². The van der Waals surface area contributed by atoms with Gasteiger partial charge in [0.15, 0.2) is 0 Å². The highest BCUT2D eigenvalue weighted by Crippen LogP contribution is 2.46. The fraction of sp³-hybridized carbons (Fsp3) is 0.333. The maximum Gasteiger partial charge on any atom is 0.212 e. The van der Waals surface area contributed by atoms with Crippen LogP contribution in [0.3, 0.4) is 0 Å². The summed E-state index contributed by atoms with van der Waals surface area (Å²) < 4.78 is 23.2. The van der Waals surface area contributed by atoms with E-state index >= 15 is 0 Å². The molecule has 0 saturated heterocycles. The van der Waals surface area contributed by atoms with Crippen LogP contribution < -0.4 is 5.14 Å². The second-order valence-corrected chi connectivity index (χ2v) is 6.44. The van der Waals surface area contributed by atoms with Crippen LogP contribution in [0.4, 0.5) is 0 Å². The second kappa shape index (κ2) is 3.46. The molecule has 0 bridgehead atoms. The molecular formula is C9H10INO2S. The van der Waals surface area contributed by atoms with Crippen LogP contribution in [0.2, 0.25) is 0 Å². The number of hydrogen-bond donors (Lipinski definition) is 1. The molecule has 1 aliphatic carbocycles. The summed E-state index contributed by atoms with van der Waals surface area (Å²) in [6, 6.07) is 7.82. The van der Waals surface area contributed by atoms with Gasteiger partial charge in [0.2, 0.25) is 10.0 Å². The Kier molecular flexibility index (Phi) is 2.57. The lowest BCUT2D eigenvalue weighted by atomic mass is 10.1. The molecule has 2 rings (SSSR count). The Bertz CT molecular complexity index is 458. The van der Waals surface area contributed by atoms with Gasteiger partial charge < -0.3 is 0 Å². The maximum atomic E-state index is 11.1. The first-order chi connectivity index (χ1) is 6.50. The third-order valence-corrected chi connectivity index (χ3v) is 4.81. The Hall–Kier alpha value is -0.140. The van der Waals surface area contributed by atoms with E-state index < -0.39 is 10.0 Å². The van der Waals surface area contributed by atoms with Gasteiger partial charge in [-0.15, -0.1) is 0 Å². The first-order valence-electron chi connectivity index (χ1n) is 4.26. The van der Waals surface area contributed by atoms with Gasteiger partial charge in [-0.25, -0.2) is 13.6 Å². The van der Waals surface area contributed by atoms with E-state index in [1.807, 2.05) is 24.3 Å².